The Kier molecular flexibility index (Phi) is 13.8. The van der Waals surface area contributed by atoms with Gasteiger partial charge >= 0.3 is 0 Å². The molecule has 0 fully saturated rings. The molecule has 0 aliphatic carbocycles. The minimum absolute atomic E-state index is 0.0807. The number of hydrogen-bond acceptors (Lipinski definition) is 2. The molecule has 2 unspecified atom stereocenters. The molecule has 0 aromatic rings. The number of unbranched alkanes of at least 4 members (excludes halogenated alkanes) is 5. The number of aliphatic hydroxyl groups is 2. The molecule has 0 aliphatic heterocycles. The van der Waals surface area contributed by atoms with Crippen LogP contribution in [0.4, 0.5) is 0 Å². The fraction of sp³-hybridized carbons (Fsp3) is 0.882. The molecule has 2 nitrogen and oxygen atoms in total. The molecule has 0 aliphatic rings. The molecule has 0 saturated carbocycles. The maximum Gasteiger partial charge on any atom is 0.0540 e. The predicted molar refractivity (Wildman–Crippen MR) is 83.3 cm³/mol. The van der Waals surface area contributed by atoms with E-state index in [0.29, 0.717) is 0 Å². The Bertz CT molecular complexity index is 199. The Morgan fingerprint density at radius 3 is 1.95 bits per heavy atom. The van der Waals surface area contributed by atoms with E-state index in [2.05, 4.69) is 19.1 Å². The summed E-state index contributed by atoms with van der Waals surface area (Å²) in [7, 11) is 0. The highest BCUT2D eigenvalue weighted by Crippen LogP contribution is 2.09. The van der Waals surface area contributed by atoms with Gasteiger partial charge in [0.1, 0.15) is 0 Å². The Balaban J connectivity index is 3.17. The molecular formula is C17H34O2. The van der Waals surface area contributed by atoms with Crippen LogP contribution < -0.4 is 0 Å². The lowest BCUT2D eigenvalue weighted by atomic mass is 10.1. The van der Waals surface area contributed by atoms with Crippen LogP contribution in [0.3, 0.4) is 0 Å². The van der Waals surface area contributed by atoms with Crippen LogP contribution >= 0.6 is 0 Å². The third-order valence-electron chi connectivity index (χ3n) is 3.44. The van der Waals surface area contributed by atoms with E-state index in [0.717, 1.165) is 51.4 Å². The van der Waals surface area contributed by atoms with Gasteiger partial charge in [0, 0.05) is 0 Å². The number of hydrogen-bond donors (Lipinski definition) is 2. The monoisotopic (exact) mass is 270 g/mol. The molecule has 0 radical (unpaired) electrons. The van der Waals surface area contributed by atoms with Gasteiger partial charge in [-0.2, -0.15) is 0 Å². The standard InChI is InChI=1S/C17H34O2/c1-3-13-17(19)15-12-10-8-6-4-5-7-9-11-14-16(2)18/h4,6,16-19H,3,5,7-15H2,1-2H3/b6-4-. The minimum atomic E-state index is -0.140. The fourth-order valence-corrected chi connectivity index (χ4v) is 2.23. The average molecular weight is 270 g/mol. The molecule has 0 aromatic carbocycles. The molecule has 0 spiro atoms. The van der Waals surface area contributed by atoms with Crippen molar-refractivity contribution in [3.05, 3.63) is 12.2 Å². The average Bonchev–Trinajstić information content (AvgIpc) is 2.36. The van der Waals surface area contributed by atoms with Crippen molar-refractivity contribution < 1.29 is 10.2 Å². The molecule has 2 atom stereocenters. The molecule has 0 heterocycles. The van der Waals surface area contributed by atoms with Gasteiger partial charge < -0.3 is 10.2 Å². The van der Waals surface area contributed by atoms with Gasteiger partial charge in [-0.1, -0.05) is 44.8 Å². The maximum atomic E-state index is 9.58. The van der Waals surface area contributed by atoms with E-state index in [1.54, 1.807) is 0 Å². The Morgan fingerprint density at radius 2 is 1.37 bits per heavy atom. The smallest absolute Gasteiger partial charge is 0.0540 e. The first-order valence-electron chi connectivity index (χ1n) is 8.18. The largest absolute Gasteiger partial charge is 0.393 e. The van der Waals surface area contributed by atoms with Gasteiger partial charge in [0.15, 0.2) is 0 Å². The van der Waals surface area contributed by atoms with Crippen LogP contribution in [0.5, 0.6) is 0 Å². The van der Waals surface area contributed by atoms with E-state index >= 15 is 0 Å². The van der Waals surface area contributed by atoms with Gasteiger partial charge in [-0.05, 0) is 51.9 Å². The maximum absolute atomic E-state index is 9.58. The van der Waals surface area contributed by atoms with E-state index in [4.69, 9.17) is 5.11 Å². The van der Waals surface area contributed by atoms with Crippen LogP contribution in [-0.2, 0) is 0 Å². The molecule has 114 valence electrons. The number of aliphatic hydroxyl groups excluding tert-OH is 2. The Morgan fingerprint density at radius 1 is 0.789 bits per heavy atom. The molecular weight excluding hydrogens is 236 g/mol. The number of allylic oxidation sites excluding steroid dienone is 2. The van der Waals surface area contributed by atoms with Gasteiger partial charge in [-0.25, -0.2) is 0 Å². The quantitative estimate of drug-likeness (QED) is 0.379. The lowest BCUT2D eigenvalue weighted by molar-refractivity contribution is 0.150. The van der Waals surface area contributed by atoms with Gasteiger partial charge in [-0.15, -0.1) is 0 Å². The SMILES string of the molecule is CCCC(O)CCCC/C=C\CCCCCC(C)O. The summed E-state index contributed by atoms with van der Waals surface area (Å²) in [6.07, 6.45) is 16.5. The molecule has 0 amide bonds. The lowest BCUT2D eigenvalue weighted by Gasteiger charge is -2.07. The topological polar surface area (TPSA) is 40.5 Å². The van der Waals surface area contributed by atoms with Gasteiger partial charge in [0.05, 0.1) is 12.2 Å². The molecule has 0 bridgehead atoms. The Labute approximate surface area is 119 Å². The second-order valence-corrected chi connectivity index (χ2v) is 5.69. The second-order valence-electron chi connectivity index (χ2n) is 5.69. The van der Waals surface area contributed by atoms with Crippen molar-refractivity contribution in [1.29, 1.82) is 0 Å². The first kappa shape index (κ1) is 18.7. The summed E-state index contributed by atoms with van der Waals surface area (Å²) in [6.45, 7) is 3.98. The second kappa shape index (κ2) is 14.1. The van der Waals surface area contributed by atoms with E-state index in [9.17, 15) is 5.11 Å². The summed E-state index contributed by atoms with van der Waals surface area (Å²) in [5.74, 6) is 0. The zero-order valence-corrected chi connectivity index (χ0v) is 13.0. The Hall–Kier alpha value is -0.340. The predicted octanol–water partition coefficient (Wildman–Crippen LogP) is 4.60. The van der Waals surface area contributed by atoms with E-state index in [-0.39, 0.29) is 12.2 Å². The zero-order valence-electron chi connectivity index (χ0n) is 13.0. The fourth-order valence-electron chi connectivity index (χ4n) is 2.23. The van der Waals surface area contributed by atoms with Gasteiger partial charge in [0.2, 0.25) is 0 Å². The van der Waals surface area contributed by atoms with Crippen LogP contribution in [0.25, 0.3) is 0 Å². The highest BCUT2D eigenvalue weighted by atomic mass is 16.3. The van der Waals surface area contributed by atoms with Crippen LogP contribution in [0, 0.1) is 0 Å². The van der Waals surface area contributed by atoms with Crippen molar-refractivity contribution in [1.82, 2.24) is 0 Å². The third-order valence-corrected chi connectivity index (χ3v) is 3.44. The normalized spacial score (nSPS) is 14.9. The van der Waals surface area contributed by atoms with Crippen molar-refractivity contribution in [2.24, 2.45) is 0 Å². The minimum Gasteiger partial charge on any atom is -0.393 e. The molecule has 2 N–H and O–H groups in total. The highest BCUT2D eigenvalue weighted by Gasteiger charge is 2.00. The van der Waals surface area contributed by atoms with Crippen molar-refractivity contribution >= 4 is 0 Å². The van der Waals surface area contributed by atoms with Gasteiger partial charge in [-0.3, -0.25) is 0 Å². The van der Waals surface area contributed by atoms with Crippen molar-refractivity contribution in [2.45, 2.75) is 96.7 Å². The van der Waals surface area contributed by atoms with Crippen molar-refractivity contribution in [3.63, 3.8) is 0 Å². The molecule has 0 aromatic heterocycles. The molecule has 0 rings (SSSR count). The van der Waals surface area contributed by atoms with E-state index in [1.807, 2.05) is 6.92 Å². The van der Waals surface area contributed by atoms with Crippen molar-refractivity contribution in [2.75, 3.05) is 0 Å². The van der Waals surface area contributed by atoms with Gasteiger partial charge in [0.25, 0.3) is 0 Å². The summed E-state index contributed by atoms with van der Waals surface area (Å²) in [5.41, 5.74) is 0. The lowest BCUT2D eigenvalue weighted by Crippen LogP contribution is -2.04. The van der Waals surface area contributed by atoms with Crippen LogP contribution in [0.2, 0.25) is 0 Å². The summed E-state index contributed by atoms with van der Waals surface area (Å²) in [5, 5.41) is 18.7. The first-order chi connectivity index (χ1) is 9.16. The molecule has 2 heteroatoms. The van der Waals surface area contributed by atoms with E-state index < -0.39 is 0 Å². The summed E-state index contributed by atoms with van der Waals surface area (Å²) >= 11 is 0. The van der Waals surface area contributed by atoms with Crippen molar-refractivity contribution in [3.8, 4) is 0 Å². The summed E-state index contributed by atoms with van der Waals surface area (Å²) in [6, 6.07) is 0. The third kappa shape index (κ3) is 15.6. The zero-order chi connectivity index (χ0) is 14.3. The van der Waals surface area contributed by atoms with Crippen LogP contribution in [0.1, 0.15) is 84.5 Å². The highest BCUT2D eigenvalue weighted by molar-refractivity contribution is 4.81. The van der Waals surface area contributed by atoms with E-state index in [1.165, 1.54) is 19.3 Å². The molecule has 0 saturated heterocycles. The summed E-state index contributed by atoms with van der Waals surface area (Å²) in [4.78, 5) is 0. The number of rotatable bonds is 13. The molecule has 19 heavy (non-hydrogen) atoms. The van der Waals surface area contributed by atoms with Crippen LogP contribution in [-0.4, -0.2) is 22.4 Å². The first-order valence-corrected chi connectivity index (χ1v) is 8.18. The summed E-state index contributed by atoms with van der Waals surface area (Å²) < 4.78 is 0. The van der Waals surface area contributed by atoms with Crippen LogP contribution in [0.15, 0.2) is 12.2 Å².